The highest BCUT2D eigenvalue weighted by Gasteiger charge is 2.15. The molecule has 0 unspecified atom stereocenters. The summed E-state index contributed by atoms with van der Waals surface area (Å²) in [5, 5.41) is 8.98. The van der Waals surface area contributed by atoms with Crippen molar-refractivity contribution >= 4 is 23.3 Å². The van der Waals surface area contributed by atoms with Gasteiger partial charge in [0.25, 0.3) is 11.8 Å². The molecule has 0 saturated carbocycles. The highest BCUT2D eigenvalue weighted by Crippen LogP contribution is 2.29. The number of hydrogen-bond donors (Lipinski definition) is 2. The van der Waals surface area contributed by atoms with Crippen molar-refractivity contribution in [1.82, 2.24) is 10.1 Å². The van der Waals surface area contributed by atoms with Crippen molar-refractivity contribution in [3.8, 4) is 11.5 Å². The van der Waals surface area contributed by atoms with E-state index < -0.39 is 11.8 Å². The molecule has 28 heavy (non-hydrogen) atoms. The van der Waals surface area contributed by atoms with Gasteiger partial charge in [0.15, 0.2) is 5.82 Å². The normalized spacial score (nSPS) is 10.2. The molecule has 0 spiro atoms. The molecule has 0 aliphatic heterocycles. The minimum absolute atomic E-state index is 0.0610. The van der Waals surface area contributed by atoms with Gasteiger partial charge in [0.05, 0.1) is 19.9 Å². The lowest BCUT2D eigenvalue weighted by Gasteiger charge is -2.12. The smallest absolute Gasteiger partial charge is 0.275 e. The molecule has 1 aromatic carbocycles. The Morgan fingerprint density at radius 2 is 1.82 bits per heavy atom. The third kappa shape index (κ3) is 4.26. The first-order valence-electron chi connectivity index (χ1n) is 8.24. The fraction of sp³-hybridized carbons (Fsp3) is 0.158. The maximum Gasteiger partial charge on any atom is 0.275 e. The molecule has 2 heterocycles. The number of pyridine rings is 1. The van der Waals surface area contributed by atoms with E-state index in [-0.39, 0.29) is 17.1 Å². The zero-order valence-electron chi connectivity index (χ0n) is 15.5. The van der Waals surface area contributed by atoms with Crippen LogP contribution in [0.25, 0.3) is 0 Å². The van der Waals surface area contributed by atoms with Crippen LogP contribution in [0.4, 0.5) is 11.5 Å². The van der Waals surface area contributed by atoms with E-state index in [4.69, 9.17) is 14.0 Å². The first kappa shape index (κ1) is 18.9. The van der Waals surface area contributed by atoms with Crippen molar-refractivity contribution in [3.63, 3.8) is 0 Å². The average Bonchev–Trinajstić information content (AvgIpc) is 3.12. The van der Waals surface area contributed by atoms with E-state index in [1.165, 1.54) is 32.5 Å². The van der Waals surface area contributed by atoms with Crippen molar-refractivity contribution in [2.75, 3.05) is 24.9 Å². The maximum absolute atomic E-state index is 12.6. The third-order valence-corrected chi connectivity index (χ3v) is 3.78. The molecule has 2 aromatic heterocycles. The van der Waals surface area contributed by atoms with Crippen molar-refractivity contribution in [3.05, 3.63) is 59.6 Å². The van der Waals surface area contributed by atoms with Crippen LogP contribution in [0.5, 0.6) is 11.5 Å². The van der Waals surface area contributed by atoms with Gasteiger partial charge in [-0.3, -0.25) is 14.6 Å². The Kier molecular flexibility index (Phi) is 5.54. The number of hydrogen-bond acceptors (Lipinski definition) is 7. The highest BCUT2D eigenvalue weighted by atomic mass is 16.5. The molecule has 0 aliphatic rings. The van der Waals surface area contributed by atoms with E-state index in [9.17, 15) is 9.59 Å². The van der Waals surface area contributed by atoms with Crippen LogP contribution in [-0.4, -0.2) is 36.2 Å². The van der Waals surface area contributed by atoms with Gasteiger partial charge in [0.1, 0.15) is 23.0 Å². The predicted molar refractivity (Wildman–Crippen MR) is 101 cm³/mol. The summed E-state index contributed by atoms with van der Waals surface area (Å²) in [6.45, 7) is 1.71. The van der Waals surface area contributed by atoms with Gasteiger partial charge in [-0.25, -0.2) is 0 Å². The van der Waals surface area contributed by atoms with Crippen LogP contribution in [0, 0.1) is 6.92 Å². The number of amides is 2. The van der Waals surface area contributed by atoms with Gasteiger partial charge in [-0.05, 0) is 31.2 Å². The number of ether oxygens (including phenoxy) is 2. The minimum atomic E-state index is -0.512. The second-order valence-corrected chi connectivity index (χ2v) is 5.73. The standard InChI is InChI=1S/C19H18N4O5/c1-11-8-17(23-28-11)22-19(25)15-9-12(6-7-20-15)18(24)21-14-10-13(26-2)4-5-16(14)27-3/h4-10H,1-3H3,(H,21,24)(H,22,23,25). The van der Waals surface area contributed by atoms with Gasteiger partial charge in [-0.15, -0.1) is 0 Å². The summed E-state index contributed by atoms with van der Waals surface area (Å²) >= 11 is 0. The molecule has 0 radical (unpaired) electrons. The topological polar surface area (TPSA) is 116 Å². The molecular formula is C19H18N4O5. The Balaban J connectivity index is 1.78. The van der Waals surface area contributed by atoms with Gasteiger partial charge in [-0.2, -0.15) is 0 Å². The van der Waals surface area contributed by atoms with Gasteiger partial charge in [-0.1, -0.05) is 5.16 Å². The Bertz CT molecular complexity index is 1020. The Morgan fingerprint density at radius 3 is 2.50 bits per heavy atom. The molecule has 0 atom stereocenters. The molecule has 0 bridgehead atoms. The van der Waals surface area contributed by atoms with Crippen molar-refractivity contribution in [2.24, 2.45) is 0 Å². The number of anilines is 2. The SMILES string of the molecule is COc1ccc(OC)c(NC(=O)c2ccnc(C(=O)Nc3cc(C)on3)c2)c1. The number of carbonyl (C=O) groups excluding carboxylic acids is 2. The molecule has 3 rings (SSSR count). The lowest BCUT2D eigenvalue weighted by Crippen LogP contribution is -2.17. The van der Waals surface area contributed by atoms with E-state index in [2.05, 4.69) is 20.8 Å². The second kappa shape index (κ2) is 8.21. The number of carbonyl (C=O) groups is 2. The van der Waals surface area contributed by atoms with Crippen molar-refractivity contribution < 1.29 is 23.6 Å². The fourth-order valence-electron chi connectivity index (χ4n) is 2.41. The van der Waals surface area contributed by atoms with Gasteiger partial charge in [0, 0.05) is 23.9 Å². The molecule has 0 aliphatic carbocycles. The number of aromatic nitrogens is 2. The third-order valence-electron chi connectivity index (χ3n) is 3.78. The summed E-state index contributed by atoms with van der Waals surface area (Å²) in [5.41, 5.74) is 0.750. The molecule has 2 amide bonds. The number of benzene rings is 1. The zero-order chi connectivity index (χ0) is 20.1. The molecule has 2 N–H and O–H groups in total. The Hall–Kier alpha value is -3.88. The predicted octanol–water partition coefficient (Wildman–Crippen LogP) is 2.90. The lowest BCUT2D eigenvalue weighted by molar-refractivity contribution is 0.102. The number of rotatable bonds is 6. The summed E-state index contributed by atoms with van der Waals surface area (Å²) in [5.74, 6) is 0.919. The van der Waals surface area contributed by atoms with Crippen LogP contribution < -0.4 is 20.1 Å². The fourth-order valence-corrected chi connectivity index (χ4v) is 2.41. The van der Waals surface area contributed by atoms with Crippen LogP contribution in [-0.2, 0) is 0 Å². The van der Waals surface area contributed by atoms with Crippen LogP contribution >= 0.6 is 0 Å². The molecule has 9 nitrogen and oxygen atoms in total. The highest BCUT2D eigenvalue weighted by molar-refractivity contribution is 6.08. The number of aryl methyl sites for hydroxylation is 1. The monoisotopic (exact) mass is 382 g/mol. The van der Waals surface area contributed by atoms with Crippen LogP contribution in [0.3, 0.4) is 0 Å². The van der Waals surface area contributed by atoms with E-state index >= 15 is 0 Å². The number of nitrogens with zero attached hydrogens (tertiary/aromatic N) is 2. The van der Waals surface area contributed by atoms with Crippen LogP contribution in [0.1, 0.15) is 26.6 Å². The average molecular weight is 382 g/mol. The van der Waals surface area contributed by atoms with E-state index in [1.54, 1.807) is 31.2 Å². The molecule has 3 aromatic rings. The summed E-state index contributed by atoms with van der Waals surface area (Å²) in [6.07, 6.45) is 1.38. The molecule has 0 saturated heterocycles. The van der Waals surface area contributed by atoms with E-state index in [0.29, 0.717) is 22.9 Å². The summed E-state index contributed by atoms with van der Waals surface area (Å²) in [7, 11) is 3.02. The summed E-state index contributed by atoms with van der Waals surface area (Å²) in [6, 6.07) is 9.49. The maximum atomic E-state index is 12.6. The van der Waals surface area contributed by atoms with Crippen molar-refractivity contribution in [2.45, 2.75) is 6.92 Å². The van der Waals surface area contributed by atoms with Gasteiger partial charge in [0.2, 0.25) is 0 Å². The first-order valence-corrected chi connectivity index (χ1v) is 8.24. The molecule has 9 heteroatoms. The van der Waals surface area contributed by atoms with E-state index in [1.807, 2.05) is 0 Å². The Labute approximate surface area is 160 Å². The molecular weight excluding hydrogens is 364 g/mol. The number of methoxy groups -OCH3 is 2. The molecule has 144 valence electrons. The quantitative estimate of drug-likeness (QED) is 0.673. The second-order valence-electron chi connectivity index (χ2n) is 5.73. The van der Waals surface area contributed by atoms with Crippen LogP contribution in [0.15, 0.2) is 47.1 Å². The van der Waals surface area contributed by atoms with Crippen LogP contribution in [0.2, 0.25) is 0 Å². The Morgan fingerprint density at radius 1 is 1.00 bits per heavy atom. The van der Waals surface area contributed by atoms with Gasteiger partial charge >= 0.3 is 0 Å². The lowest BCUT2D eigenvalue weighted by atomic mass is 10.2. The zero-order valence-corrected chi connectivity index (χ0v) is 15.5. The largest absolute Gasteiger partial charge is 0.497 e. The number of nitrogens with one attached hydrogen (secondary N) is 2. The minimum Gasteiger partial charge on any atom is -0.497 e. The van der Waals surface area contributed by atoms with E-state index in [0.717, 1.165) is 0 Å². The summed E-state index contributed by atoms with van der Waals surface area (Å²) in [4.78, 5) is 28.9. The van der Waals surface area contributed by atoms with Crippen molar-refractivity contribution in [1.29, 1.82) is 0 Å². The summed E-state index contributed by atoms with van der Waals surface area (Å²) < 4.78 is 15.3. The van der Waals surface area contributed by atoms with Gasteiger partial charge < -0.3 is 24.6 Å². The molecule has 0 fully saturated rings. The first-order chi connectivity index (χ1) is 13.5.